The van der Waals surface area contributed by atoms with E-state index in [0.29, 0.717) is 23.2 Å². The number of hydrogen-bond acceptors (Lipinski definition) is 4. The van der Waals surface area contributed by atoms with Gasteiger partial charge in [0.05, 0.1) is 5.56 Å². The van der Waals surface area contributed by atoms with Crippen molar-refractivity contribution >= 4 is 34.0 Å². The lowest BCUT2D eigenvalue weighted by molar-refractivity contribution is -0.121. The fraction of sp³-hybridized carbons (Fsp3) is 0.182. The zero-order valence-electron chi connectivity index (χ0n) is 14.9. The smallest absolute Gasteiger partial charge is 0.339 e. The van der Waals surface area contributed by atoms with Crippen molar-refractivity contribution in [2.45, 2.75) is 12.8 Å². The largest absolute Gasteiger partial charge is 0.452 e. The van der Waals surface area contributed by atoms with Crippen LogP contribution in [0.15, 0.2) is 60.7 Å². The summed E-state index contributed by atoms with van der Waals surface area (Å²) in [5.74, 6) is -0.763. The van der Waals surface area contributed by atoms with Crippen molar-refractivity contribution in [2.75, 3.05) is 23.8 Å². The van der Waals surface area contributed by atoms with E-state index in [1.165, 1.54) is 0 Å². The van der Waals surface area contributed by atoms with E-state index in [1.54, 1.807) is 23.1 Å². The topological polar surface area (TPSA) is 72.6 Å². The highest BCUT2D eigenvalue weighted by molar-refractivity contribution is 6.09. The first-order valence-electron chi connectivity index (χ1n) is 8.98. The van der Waals surface area contributed by atoms with Crippen molar-refractivity contribution in [3.8, 4) is 0 Å². The molecule has 0 fully saturated rings. The predicted molar refractivity (Wildman–Crippen MR) is 106 cm³/mol. The van der Waals surface area contributed by atoms with E-state index in [9.17, 15) is 9.59 Å². The Morgan fingerprint density at radius 2 is 1.78 bits per heavy atom. The zero-order valence-corrected chi connectivity index (χ0v) is 14.9. The maximum Gasteiger partial charge on any atom is 0.339 e. The molecule has 0 unspecified atom stereocenters. The first-order chi connectivity index (χ1) is 13.1. The number of aryl methyl sites for hydroxylation is 1. The molecule has 0 saturated heterocycles. The van der Waals surface area contributed by atoms with Crippen molar-refractivity contribution in [1.29, 1.82) is 0 Å². The summed E-state index contributed by atoms with van der Waals surface area (Å²) in [7, 11) is 0. The number of nitrogens with zero attached hydrogens (tertiary/aromatic N) is 1. The van der Waals surface area contributed by atoms with E-state index in [-0.39, 0.29) is 12.5 Å². The number of carbonyl (C=O) groups excluding carboxylic acids is 2. The van der Waals surface area contributed by atoms with Gasteiger partial charge in [-0.05, 0) is 42.0 Å². The maximum atomic E-state index is 12.7. The molecule has 4 rings (SSSR count). The second-order valence-electron chi connectivity index (χ2n) is 6.60. The minimum atomic E-state index is -0.544. The van der Waals surface area contributed by atoms with E-state index in [0.717, 1.165) is 29.5 Å². The average Bonchev–Trinajstić information content (AvgIpc) is 2.71. The van der Waals surface area contributed by atoms with Gasteiger partial charge in [-0.1, -0.05) is 42.5 Å². The van der Waals surface area contributed by atoms with Crippen LogP contribution >= 0.6 is 0 Å². The second-order valence-corrected chi connectivity index (χ2v) is 6.60. The van der Waals surface area contributed by atoms with Crippen LogP contribution in [0.1, 0.15) is 22.3 Å². The summed E-state index contributed by atoms with van der Waals surface area (Å²) in [6.07, 6.45) is 1.85. The summed E-state index contributed by atoms with van der Waals surface area (Å²) in [6.45, 7) is 0.338. The van der Waals surface area contributed by atoms with Crippen LogP contribution in [0.25, 0.3) is 10.8 Å². The third kappa shape index (κ3) is 3.24. The van der Waals surface area contributed by atoms with Crippen LogP contribution in [0, 0.1) is 0 Å². The van der Waals surface area contributed by atoms with Gasteiger partial charge in [0.15, 0.2) is 6.61 Å². The van der Waals surface area contributed by atoms with E-state index in [1.807, 2.05) is 42.5 Å². The Balaban J connectivity index is 1.52. The van der Waals surface area contributed by atoms with Crippen molar-refractivity contribution in [2.24, 2.45) is 0 Å². The van der Waals surface area contributed by atoms with Crippen LogP contribution in [0.4, 0.5) is 11.4 Å². The highest BCUT2D eigenvalue weighted by Crippen LogP contribution is 2.27. The summed E-state index contributed by atoms with van der Waals surface area (Å²) >= 11 is 0. The van der Waals surface area contributed by atoms with E-state index in [4.69, 9.17) is 10.5 Å². The number of fused-ring (bicyclic) bond motifs is 2. The molecule has 0 aliphatic carbocycles. The number of carbonyl (C=O) groups is 2. The highest BCUT2D eigenvalue weighted by Gasteiger charge is 2.23. The standard InChI is InChI=1S/C22H20N2O3/c23-18-11-4-8-16-7-3-10-17(21(16)18)22(26)27-14-20(25)24-13-5-9-15-6-1-2-12-19(15)24/h1-4,6-8,10-12H,5,9,13-14,23H2. The van der Waals surface area contributed by atoms with Gasteiger partial charge in [0.1, 0.15) is 0 Å². The number of benzene rings is 3. The molecule has 1 heterocycles. The molecule has 5 nitrogen and oxygen atoms in total. The molecule has 0 radical (unpaired) electrons. The molecule has 0 saturated carbocycles. The van der Waals surface area contributed by atoms with Crippen LogP contribution in [-0.4, -0.2) is 25.0 Å². The number of hydrogen-bond donors (Lipinski definition) is 1. The number of amides is 1. The molecule has 3 aromatic carbocycles. The lowest BCUT2D eigenvalue weighted by atomic mass is 10.0. The minimum absolute atomic E-state index is 0.219. The number of para-hydroxylation sites is 1. The van der Waals surface area contributed by atoms with Crippen LogP contribution in [0.5, 0.6) is 0 Å². The summed E-state index contributed by atoms with van der Waals surface area (Å²) in [5, 5.41) is 1.52. The Hall–Kier alpha value is -3.34. The van der Waals surface area contributed by atoms with Gasteiger partial charge in [0, 0.05) is 23.3 Å². The van der Waals surface area contributed by atoms with Gasteiger partial charge in [-0.2, -0.15) is 0 Å². The molecule has 1 amide bonds. The molecule has 0 bridgehead atoms. The normalized spacial score (nSPS) is 13.3. The minimum Gasteiger partial charge on any atom is -0.452 e. The quantitative estimate of drug-likeness (QED) is 0.573. The number of esters is 1. The fourth-order valence-corrected chi connectivity index (χ4v) is 3.62. The Bertz CT molecular complexity index is 1020. The Labute approximate surface area is 157 Å². The molecule has 27 heavy (non-hydrogen) atoms. The van der Waals surface area contributed by atoms with Gasteiger partial charge in [-0.25, -0.2) is 4.79 Å². The molecule has 2 N–H and O–H groups in total. The molecular formula is C22H20N2O3. The van der Waals surface area contributed by atoms with E-state index in [2.05, 4.69) is 0 Å². The van der Waals surface area contributed by atoms with Crippen LogP contribution in [-0.2, 0) is 16.0 Å². The summed E-state index contributed by atoms with van der Waals surface area (Å²) < 4.78 is 5.34. The van der Waals surface area contributed by atoms with Crippen molar-refractivity contribution in [3.63, 3.8) is 0 Å². The lowest BCUT2D eigenvalue weighted by Crippen LogP contribution is -2.38. The highest BCUT2D eigenvalue weighted by atomic mass is 16.5. The fourth-order valence-electron chi connectivity index (χ4n) is 3.62. The van der Waals surface area contributed by atoms with Gasteiger partial charge in [-0.3, -0.25) is 4.79 Å². The van der Waals surface area contributed by atoms with Crippen molar-refractivity contribution in [3.05, 3.63) is 71.8 Å². The van der Waals surface area contributed by atoms with Crippen molar-refractivity contribution < 1.29 is 14.3 Å². The summed E-state index contributed by atoms with van der Waals surface area (Å²) in [6, 6.07) is 18.6. The van der Waals surface area contributed by atoms with Gasteiger partial charge in [-0.15, -0.1) is 0 Å². The van der Waals surface area contributed by atoms with Gasteiger partial charge < -0.3 is 15.4 Å². The number of anilines is 2. The van der Waals surface area contributed by atoms with Gasteiger partial charge in [0.2, 0.25) is 0 Å². The van der Waals surface area contributed by atoms with Crippen LogP contribution < -0.4 is 10.6 Å². The third-order valence-corrected chi connectivity index (χ3v) is 4.89. The molecule has 0 atom stereocenters. The van der Waals surface area contributed by atoms with Crippen LogP contribution in [0.2, 0.25) is 0 Å². The third-order valence-electron chi connectivity index (χ3n) is 4.89. The number of ether oxygens (including phenoxy) is 1. The molecule has 1 aliphatic rings. The number of nitrogen functional groups attached to an aromatic ring is 1. The Morgan fingerprint density at radius 1 is 1.00 bits per heavy atom. The van der Waals surface area contributed by atoms with Crippen molar-refractivity contribution in [1.82, 2.24) is 0 Å². The predicted octanol–water partition coefficient (Wildman–Crippen LogP) is 3.56. The lowest BCUT2D eigenvalue weighted by Gasteiger charge is -2.29. The van der Waals surface area contributed by atoms with Crippen LogP contribution in [0.3, 0.4) is 0 Å². The zero-order chi connectivity index (χ0) is 18.8. The molecule has 0 aromatic heterocycles. The van der Waals surface area contributed by atoms with Gasteiger partial charge in [0.25, 0.3) is 5.91 Å². The number of nitrogens with two attached hydrogens (primary N) is 1. The maximum absolute atomic E-state index is 12.7. The molecule has 1 aliphatic heterocycles. The molecular weight excluding hydrogens is 340 g/mol. The van der Waals surface area contributed by atoms with Gasteiger partial charge >= 0.3 is 5.97 Å². The monoisotopic (exact) mass is 360 g/mol. The summed E-state index contributed by atoms with van der Waals surface area (Å²) in [4.78, 5) is 26.9. The Morgan fingerprint density at radius 3 is 2.63 bits per heavy atom. The molecule has 5 heteroatoms. The Kier molecular flexibility index (Phi) is 4.50. The second kappa shape index (κ2) is 7.11. The number of rotatable bonds is 3. The molecule has 136 valence electrons. The van der Waals surface area contributed by atoms with E-state index < -0.39 is 5.97 Å². The first-order valence-corrected chi connectivity index (χ1v) is 8.98. The van der Waals surface area contributed by atoms with E-state index >= 15 is 0 Å². The molecule has 3 aromatic rings. The first kappa shape index (κ1) is 17.1. The SMILES string of the molecule is Nc1cccc2cccc(C(=O)OCC(=O)N3CCCc4ccccc43)c12. The summed E-state index contributed by atoms with van der Waals surface area (Å²) in [5.41, 5.74) is 8.97. The molecule has 0 spiro atoms. The average molecular weight is 360 g/mol.